The summed E-state index contributed by atoms with van der Waals surface area (Å²) in [5.41, 5.74) is 6.43. The molecule has 2 N–H and O–H groups in total. The van der Waals surface area contributed by atoms with Crippen molar-refractivity contribution in [2.45, 2.75) is 12.5 Å². The van der Waals surface area contributed by atoms with E-state index in [0.717, 1.165) is 5.56 Å². The quantitative estimate of drug-likeness (QED) is 0.827. The standard InChI is InChI=1S/C10H11ClN2O/c1-14-10-3-2-7(5-9(10)11)4-8(13)6-12/h2-3,5,8H,4,13H2,1H3/t8-/m0/s1. The highest BCUT2D eigenvalue weighted by atomic mass is 35.5. The van der Waals surface area contributed by atoms with Crippen molar-refractivity contribution in [1.29, 1.82) is 5.26 Å². The van der Waals surface area contributed by atoms with Crippen LogP contribution in [-0.4, -0.2) is 13.2 Å². The maximum atomic E-state index is 8.53. The second-order valence-corrected chi connectivity index (χ2v) is 3.32. The molecule has 0 aromatic heterocycles. The number of nitrogens with two attached hydrogens (primary N) is 1. The van der Waals surface area contributed by atoms with Gasteiger partial charge in [-0.1, -0.05) is 17.7 Å². The Balaban J connectivity index is 2.82. The highest BCUT2D eigenvalue weighted by Crippen LogP contribution is 2.25. The number of nitrogens with zero attached hydrogens (tertiary/aromatic N) is 1. The molecule has 1 rings (SSSR count). The van der Waals surface area contributed by atoms with E-state index >= 15 is 0 Å². The normalized spacial score (nSPS) is 11.9. The van der Waals surface area contributed by atoms with Crippen molar-refractivity contribution < 1.29 is 4.74 Å². The van der Waals surface area contributed by atoms with Gasteiger partial charge in [-0.25, -0.2) is 0 Å². The van der Waals surface area contributed by atoms with Gasteiger partial charge >= 0.3 is 0 Å². The van der Waals surface area contributed by atoms with Crippen molar-refractivity contribution in [2.75, 3.05) is 7.11 Å². The van der Waals surface area contributed by atoms with Crippen LogP contribution in [0, 0.1) is 11.3 Å². The first-order valence-electron chi connectivity index (χ1n) is 4.15. The maximum Gasteiger partial charge on any atom is 0.137 e. The summed E-state index contributed by atoms with van der Waals surface area (Å²) in [5.74, 6) is 0.626. The molecule has 4 heteroatoms. The van der Waals surface area contributed by atoms with E-state index in [4.69, 9.17) is 27.3 Å². The van der Waals surface area contributed by atoms with Crippen LogP contribution in [0.5, 0.6) is 5.75 Å². The summed E-state index contributed by atoms with van der Waals surface area (Å²) in [6, 6.07) is 6.85. The van der Waals surface area contributed by atoms with Crippen molar-refractivity contribution in [2.24, 2.45) is 5.73 Å². The fraction of sp³-hybridized carbons (Fsp3) is 0.300. The van der Waals surface area contributed by atoms with Crippen molar-refractivity contribution in [1.82, 2.24) is 0 Å². The average Bonchev–Trinajstić information content (AvgIpc) is 2.18. The van der Waals surface area contributed by atoms with E-state index in [0.29, 0.717) is 17.2 Å². The van der Waals surface area contributed by atoms with Gasteiger partial charge in [0.2, 0.25) is 0 Å². The van der Waals surface area contributed by atoms with Crippen molar-refractivity contribution >= 4 is 11.6 Å². The third-order valence-corrected chi connectivity index (χ3v) is 2.13. The van der Waals surface area contributed by atoms with Gasteiger partial charge in [0, 0.05) is 6.42 Å². The summed E-state index contributed by atoms with van der Waals surface area (Å²) in [6.45, 7) is 0. The van der Waals surface area contributed by atoms with Crippen LogP contribution in [0.4, 0.5) is 0 Å². The van der Waals surface area contributed by atoms with Crippen molar-refractivity contribution in [3.8, 4) is 11.8 Å². The first-order chi connectivity index (χ1) is 6.67. The lowest BCUT2D eigenvalue weighted by atomic mass is 10.1. The van der Waals surface area contributed by atoms with Crippen LogP contribution < -0.4 is 10.5 Å². The molecule has 0 bridgehead atoms. The number of ether oxygens (including phenoxy) is 1. The van der Waals surface area contributed by atoms with Gasteiger partial charge in [-0.3, -0.25) is 0 Å². The molecule has 0 aliphatic heterocycles. The van der Waals surface area contributed by atoms with Crippen LogP contribution >= 0.6 is 11.6 Å². The molecule has 0 fully saturated rings. The van der Waals surface area contributed by atoms with E-state index in [9.17, 15) is 0 Å². The van der Waals surface area contributed by atoms with E-state index in [1.165, 1.54) is 0 Å². The van der Waals surface area contributed by atoms with Crippen LogP contribution in [0.2, 0.25) is 5.02 Å². The van der Waals surface area contributed by atoms with Gasteiger partial charge in [-0.05, 0) is 17.7 Å². The van der Waals surface area contributed by atoms with Gasteiger partial charge in [0.05, 0.1) is 24.2 Å². The van der Waals surface area contributed by atoms with Crippen LogP contribution in [0.15, 0.2) is 18.2 Å². The number of nitriles is 1. The molecular weight excluding hydrogens is 200 g/mol. The maximum absolute atomic E-state index is 8.53. The Kier molecular flexibility index (Phi) is 3.75. The molecule has 0 amide bonds. The Bertz CT molecular complexity index is 360. The molecule has 0 saturated heterocycles. The summed E-state index contributed by atoms with van der Waals surface area (Å²) in [4.78, 5) is 0. The number of halogens is 1. The Labute approximate surface area is 88.0 Å². The van der Waals surface area contributed by atoms with Crippen molar-refractivity contribution in [3.63, 3.8) is 0 Å². The lowest BCUT2D eigenvalue weighted by molar-refractivity contribution is 0.415. The van der Waals surface area contributed by atoms with E-state index in [-0.39, 0.29) is 0 Å². The highest BCUT2D eigenvalue weighted by Gasteiger charge is 2.05. The predicted octanol–water partition coefficient (Wildman–Crippen LogP) is 1.74. The molecule has 0 radical (unpaired) electrons. The Hall–Kier alpha value is -1.24. The van der Waals surface area contributed by atoms with Gasteiger partial charge in [0.15, 0.2) is 0 Å². The van der Waals surface area contributed by atoms with Gasteiger partial charge in [-0.15, -0.1) is 0 Å². The molecule has 74 valence electrons. The number of methoxy groups -OCH3 is 1. The zero-order valence-electron chi connectivity index (χ0n) is 7.83. The molecule has 0 aliphatic carbocycles. The fourth-order valence-electron chi connectivity index (χ4n) is 1.14. The minimum Gasteiger partial charge on any atom is -0.495 e. The van der Waals surface area contributed by atoms with Crippen LogP contribution in [0.1, 0.15) is 5.56 Å². The van der Waals surface area contributed by atoms with Gasteiger partial charge in [-0.2, -0.15) is 5.26 Å². The second-order valence-electron chi connectivity index (χ2n) is 2.91. The summed E-state index contributed by atoms with van der Waals surface area (Å²) in [5, 5.41) is 9.07. The van der Waals surface area contributed by atoms with Gasteiger partial charge in [0.25, 0.3) is 0 Å². The lowest BCUT2D eigenvalue weighted by Gasteiger charge is -2.06. The smallest absolute Gasteiger partial charge is 0.137 e. The number of hydrogen-bond acceptors (Lipinski definition) is 3. The summed E-state index contributed by atoms with van der Waals surface area (Å²) >= 11 is 5.91. The molecule has 0 saturated carbocycles. The zero-order chi connectivity index (χ0) is 10.6. The molecule has 14 heavy (non-hydrogen) atoms. The fourth-order valence-corrected chi connectivity index (χ4v) is 1.42. The van der Waals surface area contributed by atoms with Crippen LogP contribution in [-0.2, 0) is 6.42 Å². The van der Waals surface area contributed by atoms with E-state index in [1.807, 2.05) is 12.1 Å². The second kappa shape index (κ2) is 4.85. The Morgan fingerprint density at radius 1 is 1.64 bits per heavy atom. The number of rotatable bonds is 3. The summed E-state index contributed by atoms with van der Waals surface area (Å²) in [7, 11) is 1.56. The largest absolute Gasteiger partial charge is 0.495 e. The molecule has 1 aromatic carbocycles. The topological polar surface area (TPSA) is 59.0 Å². The minimum atomic E-state index is -0.487. The first kappa shape index (κ1) is 10.8. The molecule has 1 atom stereocenters. The molecule has 0 heterocycles. The molecule has 0 spiro atoms. The minimum absolute atomic E-state index is 0.487. The van der Waals surface area contributed by atoms with Gasteiger partial charge in [0.1, 0.15) is 5.75 Å². The van der Waals surface area contributed by atoms with Crippen LogP contribution in [0.3, 0.4) is 0 Å². The van der Waals surface area contributed by atoms with Crippen molar-refractivity contribution in [3.05, 3.63) is 28.8 Å². The third-order valence-electron chi connectivity index (χ3n) is 1.84. The molecule has 0 unspecified atom stereocenters. The predicted molar refractivity (Wildman–Crippen MR) is 55.3 cm³/mol. The van der Waals surface area contributed by atoms with E-state index in [2.05, 4.69) is 0 Å². The lowest BCUT2D eigenvalue weighted by Crippen LogP contribution is -2.19. The first-order valence-corrected chi connectivity index (χ1v) is 4.52. The molecular formula is C10H11ClN2O. The Morgan fingerprint density at radius 3 is 2.86 bits per heavy atom. The monoisotopic (exact) mass is 210 g/mol. The SMILES string of the molecule is COc1ccc(C[C@H](N)C#N)cc1Cl. The average molecular weight is 211 g/mol. The third kappa shape index (κ3) is 2.63. The van der Waals surface area contributed by atoms with E-state index in [1.54, 1.807) is 19.2 Å². The van der Waals surface area contributed by atoms with Crippen LogP contribution in [0.25, 0.3) is 0 Å². The molecule has 0 aliphatic rings. The highest BCUT2D eigenvalue weighted by molar-refractivity contribution is 6.32. The van der Waals surface area contributed by atoms with Gasteiger partial charge < -0.3 is 10.5 Å². The van der Waals surface area contributed by atoms with E-state index < -0.39 is 6.04 Å². The molecule has 1 aromatic rings. The number of hydrogen-bond donors (Lipinski definition) is 1. The number of benzene rings is 1. The molecule has 3 nitrogen and oxygen atoms in total. The summed E-state index contributed by atoms with van der Waals surface area (Å²) in [6.07, 6.45) is 0.500. The summed E-state index contributed by atoms with van der Waals surface area (Å²) < 4.78 is 5.00. The zero-order valence-corrected chi connectivity index (χ0v) is 8.58. The Morgan fingerprint density at radius 2 is 2.36 bits per heavy atom.